The van der Waals surface area contributed by atoms with Crippen LogP contribution in [0.3, 0.4) is 0 Å². The van der Waals surface area contributed by atoms with E-state index >= 15 is 0 Å². The number of nitrogens with zero attached hydrogens (tertiary/aromatic N) is 1. The molecule has 4 nitrogen and oxygen atoms in total. The average Bonchev–Trinajstić information content (AvgIpc) is 2.71. The highest BCUT2D eigenvalue weighted by molar-refractivity contribution is 5.83. The van der Waals surface area contributed by atoms with Gasteiger partial charge in [-0.15, -0.1) is 0 Å². The van der Waals surface area contributed by atoms with E-state index in [-0.39, 0.29) is 5.97 Å². The van der Waals surface area contributed by atoms with E-state index in [1.807, 2.05) is 32.0 Å². The van der Waals surface area contributed by atoms with E-state index in [4.69, 9.17) is 4.74 Å². The molecule has 0 saturated heterocycles. The first kappa shape index (κ1) is 13.5. The maximum atomic E-state index is 11.2. The van der Waals surface area contributed by atoms with Crippen molar-refractivity contribution in [2.75, 3.05) is 13.7 Å². The van der Waals surface area contributed by atoms with Gasteiger partial charge in [0.2, 0.25) is 0 Å². The summed E-state index contributed by atoms with van der Waals surface area (Å²) in [5, 5.41) is 1.13. The molecule has 0 bridgehead atoms. The lowest BCUT2D eigenvalue weighted by molar-refractivity contribution is -0.140. The number of hydrogen-bond acceptors (Lipinski definition) is 3. The lowest BCUT2D eigenvalue weighted by Gasteiger charge is -2.08. The summed E-state index contributed by atoms with van der Waals surface area (Å²) in [7, 11) is 1.41. The molecule has 0 amide bonds. The van der Waals surface area contributed by atoms with Crippen LogP contribution in [0.4, 0.5) is 0 Å². The predicted octanol–water partition coefficient (Wildman–Crippen LogP) is 2.91. The van der Waals surface area contributed by atoms with Gasteiger partial charge >= 0.3 is 5.97 Å². The van der Waals surface area contributed by atoms with Gasteiger partial charge < -0.3 is 14.0 Å². The van der Waals surface area contributed by atoms with Crippen LogP contribution in [-0.4, -0.2) is 24.3 Å². The van der Waals surface area contributed by atoms with E-state index in [0.717, 1.165) is 22.3 Å². The van der Waals surface area contributed by atoms with Crippen LogP contribution in [0.5, 0.6) is 5.75 Å². The van der Waals surface area contributed by atoms with Crippen molar-refractivity contribution in [2.45, 2.75) is 26.8 Å². The van der Waals surface area contributed by atoms with E-state index in [2.05, 4.69) is 15.4 Å². The molecular formula is C15H19NO3. The monoisotopic (exact) mass is 261 g/mol. The molecule has 19 heavy (non-hydrogen) atoms. The third-order valence-electron chi connectivity index (χ3n) is 3.16. The first-order valence-electron chi connectivity index (χ1n) is 6.45. The summed E-state index contributed by atoms with van der Waals surface area (Å²) < 4.78 is 12.3. The van der Waals surface area contributed by atoms with E-state index in [1.165, 1.54) is 7.11 Å². The van der Waals surface area contributed by atoms with Gasteiger partial charge in [-0.3, -0.25) is 4.79 Å². The molecule has 0 N–H and O–H groups in total. The largest absolute Gasteiger partial charge is 0.494 e. The van der Waals surface area contributed by atoms with Crippen molar-refractivity contribution >= 4 is 16.9 Å². The Morgan fingerprint density at radius 1 is 1.32 bits per heavy atom. The maximum Gasteiger partial charge on any atom is 0.307 e. The topological polar surface area (TPSA) is 40.5 Å². The van der Waals surface area contributed by atoms with Gasteiger partial charge in [0.15, 0.2) is 0 Å². The number of carbonyl (C=O) groups excluding carboxylic acids is 1. The number of methoxy groups -OCH3 is 1. The van der Waals surface area contributed by atoms with Crippen molar-refractivity contribution in [3.8, 4) is 5.75 Å². The van der Waals surface area contributed by atoms with Gasteiger partial charge in [0.25, 0.3) is 0 Å². The van der Waals surface area contributed by atoms with Crippen molar-refractivity contribution in [3.63, 3.8) is 0 Å². The highest BCUT2D eigenvalue weighted by Crippen LogP contribution is 2.24. The third kappa shape index (κ3) is 2.89. The molecule has 0 spiro atoms. The lowest BCUT2D eigenvalue weighted by Crippen LogP contribution is -2.07. The Morgan fingerprint density at radius 3 is 2.79 bits per heavy atom. The van der Waals surface area contributed by atoms with Crippen molar-refractivity contribution in [1.82, 2.24) is 4.57 Å². The van der Waals surface area contributed by atoms with E-state index in [9.17, 15) is 4.79 Å². The first-order chi connectivity index (χ1) is 9.15. The summed E-state index contributed by atoms with van der Waals surface area (Å²) in [4.78, 5) is 11.2. The molecule has 4 heteroatoms. The zero-order valence-electron chi connectivity index (χ0n) is 11.6. The fraction of sp³-hybridized carbons (Fsp3) is 0.400. The minimum Gasteiger partial charge on any atom is -0.494 e. The molecule has 2 rings (SSSR count). The molecule has 0 aliphatic rings. The molecule has 0 aliphatic carbocycles. The van der Waals surface area contributed by atoms with Crippen LogP contribution >= 0.6 is 0 Å². The highest BCUT2D eigenvalue weighted by atomic mass is 16.5. The van der Waals surface area contributed by atoms with Crippen LogP contribution in [0.1, 0.15) is 19.0 Å². The highest BCUT2D eigenvalue weighted by Gasteiger charge is 2.08. The maximum absolute atomic E-state index is 11.2. The van der Waals surface area contributed by atoms with E-state index < -0.39 is 0 Å². The fourth-order valence-corrected chi connectivity index (χ4v) is 2.25. The van der Waals surface area contributed by atoms with Crippen LogP contribution in [0.25, 0.3) is 10.9 Å². The summed E-state index contributed by atoms with van der Waals surface area (Å²) in [5.74, 6) is 0.687. The van der Waals surface area contributed by atoms with Crippen molar-refractivity contribution in [2.24, 2.45) is 0 Å². The molecule has 0 unspecified atom stereocenters. The number of benzene rings is 1. The molecule has 1 heterocycles. The second-order valence-electron chi connectivity index (χ2n) is 4.42. The minimum absolute atomic E-state index is 0.188. The number of esters is 1. The molecule has 2 aromatic rings. The zero-order chi connectivity index (χ0) is 13.8. The quantitative estimate of drug-likeness (QED) is 0.777. The van der Waals surface area contributed by atoms with Gasteiger partial charge in [0.1, 0.15) is 5.75 Å². The normalized spacial score (nSPS) is 10.7. The van der Waals surface area contributed by atoms with E-state index in [1.54, 1.807) is 0 Å². The van der Waals surface area contributed by atoms with Crippen LogP contribution < -0.4 is 4.74 Å². The number of ether oxygens (including phenoxy) is 2. The van der Waals surface area contributed by atoms with Gasteiger partial charge in [-0.25, -0.2) is 0 Å². The standard InChI is InChI=1S/C15H19NO3/c1-4-19-13-5-6-14-12(10-13)9-11(2)16(14)8-7-15(17)18-3/h5-6,9-10H,4,7-8H2,1-3H3. The Kier molecular flexibility index (Phi) is 4.10. The Morgan fingerprint density at radius 2 is 2.11 bits per heavy atom. The number of carbonyl (C=O) groups is 1. The Balaban J connectivity index is 2.28. The number of hydrogen-bond donors (Lipinski definition) is 0. The predicted molar refractivity (Wildman–Crippen MR) is 74.5 cm³/mol. The Hall–Kier alpha value is -1.97. The fourth-order valence-electron chi connectivity index (χ4n) is 2.25. The molecule has 1 aromatic carbocycles. The zero-order valence-corrected chi connectivity index (χ0v) is 11.6. The molecule has 102 valence electrons. The SMILES string of the molecule is CCOc1ccc2c(c1)cc(C)n2CCC(=O)OC. The molecule has 1 aromatic heterocycles. The molecule has 0 aliphatic heterocycles. The van der Waals surface area contributed by atoms with Gasteiger partial charge in [-0.1, -0.05) is 0 Å². The number of aromatic nitrogens is 1. The minimum atomic E-state index is -0.188. The second kappa shape index (κ2) is 5.78. The summed E-state index contributed by atoms with van der Waals surface area (Å²) >= 11 is 0. The van der Waals surface area contributed by atoms with Gasteiger partial charge in [-0.05, 0) is 38.1 Å². The smallest absolute Gasteiger partial charge is 0.307 e. The van der Waals surface area contributed by atoms with E-state index in [0.29, 0.717) is 19.6 Å². The van der Waals surface area contributed by atoms with Crippen LogP contribution in [0.2, 0.25) is 0 Å². The number of rotatable bonds is 5. The Labute approximate surface area is 112 Å². The van der Waals surface area contributed by atoms with Crippen LogP contribution in [-0.2, 0) is 16.1 Å². The summed E-state index contributed by atoms with van der Waals surface area (Å²) in [6.07, 6.45) is 0.383. The summed E-state index contributed by atoms with van der Waals surface area (Å²) in [6.45, 7) is 5.30. The van der Waals surface area contributed by atoms with Gasteiger partial charge in [0, 0.05) is 23.1 Å². The van der Waals surface area contributed by atoms with Crippen LogP contribution in [0.15, 0.2) is 24.3 Å². The lowest BCUT2D eigenvalue weighted by atomic mass is 10.2. The molecule has 0 atom stereocenters. The molecule has 0 saturated carbocycles. The summed E-state index contributed by atoms with van der Waals surface area (Å²) in [6, 6.07) is 8.13. The van der Waals surface area contributed by atoms with Crippen molar-refractivity contribution in [3.05, 3.63) is 30.0 Å². The Bertz CT molecular complexity index is 586. The van der Waals surface area contributed by atoms with Crippen LogP contribution in [0, 0.1) is 6.92 Å². The van der Waals surface area contributed by atoms with Crippen molar-refractivity contribution < 1.29 is 14.3 Å². The molecular weight excluding hydrogens is 242 g/mol. The molecule has 0 radical (unpaired) electrons. The third-order valence-corrected chi connectivity index (χ3v) is 3.16. The van der Waals surface area contributed by atoms with Crippen molar-refractivity contribution in [1.29, 1.82) is 0 Å². The number of aryl methyl sites for hydroxylation is 2. The molecule has 0 fully saturated rings. The number of fused-ring (bicyclic) bond motifs is 1. The first-order valence-corrected chi connectivity index (χ1v) is 6.45. The average molecular weight is 261 g/mol. The second-order valence-corrected chi connectivity index (χ2v) is 4.42. The summed E-state index contributed by atoms with van der Waals surface area (Å²) in [5.41, 5.74) is 2.25. The van der Waals surface area contributed by atoms with Gasteiger partial charge in [-0.2, -0.15) is 0 Å². The van der Waals surface area contributed by atoms with Gasteiger partial charge in [0.05, 0.1) is 20.1 Å².